The maximum absolute atomic E-state index is 12.1. The van der Waals surface area contributed by atoms with Gasteiger partial charge in [-0.05, 0) is 60.4 Å². The third-order valence-corrected chi connectivity index (χ3v) is 5.90. The standard InChI is InChI=1S/C26H34N2O2S/c1-3-4-5-6-10-22(23-14-16-24(30-2)17-15-23)11-7-13-26(29)28-19-9-20-31-25-12-8-18-27-21-25/h7-8,11-18,21H,3-6,9-10,19-20H2,1-2H3,(H,28,29)/b13-7+,22-11+. The first-order valence-electron chi connectivity index (χ1n) is 11.0. The second-order valence-corrected chi connectivity index (χ2v) is 8.44. The number of thioether (sulfide) groups is 1. The van der Waals surface area contributed by atoms with Crippen LogP contribution in [0.15, 0.2) is 71.9 Å². The van der Waals surface area contributed by atoms with E-state index in [2.05, 4.69) is 35.4 Å². The topological polar surface area (TPSA) is 51.2 Å². The Hall–Kier alpha value is -2.53. The lowest BCUT2D eigenvalue weighted by atomic mass is 9.98. The molecule has 1 amide bonds. The van der Waals surface area contributed by atoms with Gasteiger partial charge < -0.3 is 10.1 Å². The molecule has 1 heterocycles. The Morgan fingerprint density at radius 2 is 1.97 bits per heavy atom. The van der Waals surface area contributed by atoms with Crippen LogP contribution >= 0.6 is 11.8 Å². The molecule has 4 nitrogen and oxygen atoms in total. The Morgan fingerprint density at radius 1 is 1.13 bits per heavy atom. The minimum absolute atomic E-state index is 0.0531. The Bertz CT molecular complexity index is 817. The normalized spacial score (nSPS) is 11.6. The summed E-state index contributed by atoms with van der Waals surface area (Å²) in [4.78, 5) is 17.4. The Labute approximate surface area is 191 Å². The van der Waals surface area contributed by atoms with Crippen molar-refractivity contribution in [1.82, 2.24) is 10.3 Å². The smallest absolute Gasteiger partial charge is 0.243 e. The van der Waals surface area contributed by atoms with Crippen molar-refractivity contribution in [2.75, 3.05) is 19.4 Å². The van der Waals surface area contributed by atoms with E-state index in [1.807, 2.05) is 36.5 Å². The zero-order valence-electron chi connectivity index (χ0n) is 18.7. The van der Waals surface area contributed by atoms with Crippen molar-refractivity contribution in [3.63, 3.8) is 0 Å². The number of benzene rings is 1. The first kappa shape index (κ1) is 24.7. The molecular weight excluding hydrogens is 404 g/mol. The van der Waals surface area contributed by atoms with Crippen molar-refractivity contribution in [3.8, 4) is 5.75 Å². The van der Waals surface area contributed by atoms with E-state index < -0.39 is 0 Å². The zero-order valence-corrected chi connectivity index (χ0v) is 19.5. The molecular formula is C26H34N2O2S. The van der Waals surface area contributed by atoms with E-state index in [1.54, 1.807) is 31.1 Å². The van der Waals surface area contributed by atoms with Gasteiger partial charge >= 0.3 is 0 Å². The van der Waals surface area contributed by atoms with E-state index in [0.29, 0.717) is 6.54 Å². The number of unbranched alkanes of at least 4 members (excludes halogenated alkanes) is 3. The number of amides is 1. The van der Waals surface area contributed by atoms with Crippen LogP contribution in [-0.2, 0) is 4.79 Å². The molecule has 0 saturated heterocycles. The lowest BCUT2D eigenvalue weighted by molar-refractivity contribution is -0.116. The van der Waals surface area contributed by atoms with Crippen LogP contribution in [0.2, 0.25) is 0 Å². The third kappa shape index (κ3) is 10.4. The Morgan fingerprint density at radius 3 is 2.68 bits per heavy atom. The number of allylic oxidation sites excluding steroid dienone is 3. The minimum Gasteiger partial charge on any atom is -0.497 e. The highest BCUT2D eigenvalue weighted by Crippen LogP contribution is 2.24. The van der Waals surface area contributed by atoms with Crippen LogP contribution in [0, 0.1) is 0 Å². The SMILES string of the molecule is CCCCCC/C(=C\C=C\C(=O)NCCCSc1cccnc1)c1ccc(OC)cc1. The fraction of sp³-hybridized carbons (Fsp3) is 0.385. The highest BCUT2D eigenvalue weighted by Gasteiger charge is 2.02. The molecule has 0 radical (unpaired) electrons. The number of rotatable bonds is 14. The number of nitrogens with zero attached hydrogens (tertiary/aromatic N) is 1. The van der Waals surface area contributed by atoms with E-state index in [0.717, 1.165) is 35.7 Å². The third-order valence-electron chi connectivity index (χ3n) is 4.83. The fourth-order valence-electron chi connectivity index (χ4n) is 3.09. The van der Waals surface area contributed by atoms with E-state index in [1.165, 1.54) is 30.4 Å². The van der Waals surface area contributed by atoms with Crippen LogP contribution < -0.4 is 10.1 Å². The van der Waals surface area contributed by atoms with Gasteiger partial charge in [-0.15, -0.1) is 11.8 Å². The molecule has 2 aromatic rings. The number of hydrogen-bond donors (Lipinski definition) is 1. The molecule has 5 heteroatoms. The molecule has 0 aliphatic rings. The molecule has 0 aliphatic heterocycles. The summed E-state index contributed by atoms with van der Waals surface area (Å²) in [6.07, 6.45) is 16.0. The van der Waals surface area contributed by atoms with Gasteiger partial charge in [0, 0.05) is 29.9 Å². The quantitative estimate of drug-likeness (QED) is 0.163. The van der Waals surface area contributed by atoms with Gasteiger partial charge in [0.05, 0.1) is 7.11 Å². The lowest BCUT2D eigenvalue weighted by Gasteiger charge is -2.08. The molecule has 1 N–H and O–H groups in total. The van der Waals surface area contributed by atoms with Crippen molar-refractivity contribution >= 4 is 23.2 Å². The number of methoxy groups -OCH3 is 1. The van der Waals surface area contributed by atoms with Gasteiger partial charge in [-0.1, -0.05) is 50.5 Å². The fourth-order valence-corrected chi connectivity index (χ4v) is 3.92. The molecule has 166 valence electrons. The lowest BCUT2D eigenvalue weighted by Crippen LogP contribution is -2.22. The summed E-state index contributed by atoms with van der Waals surface area (Å²) in [5.74, 6) is 1.75. The molecule has 2 rings (SSSR count). The second kappa shape index (κ2) is 15.3. The number of ether oxygens (including phenoxy) is 1. The van der Waals surface area contributed by atoms with Crippen LogP contribution in [0.1, 0.15) is 51.0 Å². The van der Waals surface area contributed by atoms with Crippen LogP contribution in [0.5, 0.6) is 5.75 Å². The molecule has 0 aliphatic carbocycles. The number of carbonyl (C=O) groups is 1. The summed E-state index contributed by atoms with van der Waals surface area (Å²) in [5, 5.41) is 2.96. The molecule has 1 aromatic carbocycles. The van der Waals surface area contributed by atoms with E-state index in [9.17, 15) is 4.79 Å². The zero-order chi connectivity index (χ0) is 22.2. The van der Waals surface area contributed by atoms with Gasteiger partial charge in [-0.2, -0.15) is 0 Å². The minimum atomic E-state index is -0.0531. The van der Waals surface area contributed by atoms with Gasteiger partial charge in [-0.25, -0.2) is 0 Å². The van der Waals surface area contributed by atoms with Gasteiger partial charge in [-0.3, -0.25) is 9.78 Å². The van der Waals surface area contributed by atoms with Crippen LogP contribution in [0.25, 0.3) is 5.57 Å². The Kier molecular flexibility index (Phi) is 12.2. The molecule has 0 fully saturated rings. The summed E-state index contributed by atoms with van der Waals surface area (Å²) in [6, 6.07) is 12.1. The highest BCUT2D eigenvalue weighted by atomic mass is 32.2. The first-order valence-corrected chi connectivity index (χ1v) is 12.0. The number of hydrogen-bond acceptors (Lipinski definition) is 4. The summed E-state index contributed by atoms with van der Waals surface area (Å²) >= 11 is 1.75. The molecule has 0 saturated carbocycles. The largest absolute Gasteiger partial charge is 0.497 e. The maximum Gasteiger partial charge on any atom is 0.243 e. The predicted octanol–water partition coefficient (Wildman–Crippen LogP) is 6.30. The maximum atomic E-state index is 12.1. The molecule has 0 unspecified atom stereocenters. The van der Waals surface area contributed by atoms with E-state index in [-0.39, 0.29) is 5.91 Å². The number of carbonyl (C=O) groups excluding carboxylic acids is 1. The number of nitrogens with one attached hydrogen (secondary N) is 1. The highest BCUT2D eigenvalue weighted by molar-refractivity contribution is 7.99. The van der Waals surface area contributed by atoms with Crippen molar-refractivity contribution < 1.29 is 9.53 Å². The predicted molar refractivity (Wildman–Crippen MR) is 131 cm³/mol. The van der Waals surface area contributed by atoms with Crippen molar-refractivity contribution in [2.45, 2.75) is 50.3 Å². The average molecular weight is 439 g/mol. The van der Waals surface area contributed by atoms with Crippen molar-refractivity contribution in [2.24, 2.45) is 0 Å². The molecule has 0 atom stereocenters. The average Bonchev–Trinajstić information content (AvgIpc) is 2.81. The molecule has 0 spiro atoms. The van der Waals surface area contributed by atoms with Crippen LogP contribution in [0.4, 0.5) is 0 Å². The summed E-state index contributed by atoms with van der Waals surface area (Å²) in [6.45, 7) is 2.89. The number of aromatic nitrogens is 1. The second-order valence-electron chi connectivity index (χ2n) is 7.27. The van der Waals surface area contributed by atoms with Gasteiger partial charge in [0.2, 0.25) is 5.91 Å². The van der Waals surface area contributed by atoms with E-state index in [4.69, 9.17) is 4.74 Å². The first-order chi connectivity index (χ1) is 15.2. The summed E-state index contributed by atoms with van der Waals surface area (Å²) in [7, 11) is 1.68. The molecule has 31 heavy (non-hydrogen) atoms. The van der Waals surface area contributed by atoms with Gasteiger partial charge in [0.15, 0.2) is 0 Å². The van der Waals surface area contributed by atoms with Crippen molar-refractivity contribution in [1.29, 1.82) is 0 Å². The van der Waals surface area contributed by atoms with E-state index >= 15 is 0 Å². The van der Waals surface area contributed by atoms with Crippen LogP contribution in [0.3, 0.4) is 0 Å². The van der Waals surface area contributed by atoms with Gasteiger partial charge in [0.25, 0.3) is 0 Å². The summed E-state index contributed by atoms with van der Waals surface area (Å²) in [5.41, 5.74) is 2.42. The summed E-state index contributed by atoms with van der Waals surface area (Å²) < 4.78 is 5.26. The van der Waals surface area contributed by atoms with Gasteiger partial charge in [0.1, 0.15) is 5.75 Å². The number of pyridine rings is 1. The van der Waals surface area contributed by atoms with Crippen molar-refractivity contribution in [3.05, 3.63) is 72.6 Å². The molecule has 0 bridgehead atoms. The Balaban J connectivity index is 1.81. The molecule has 1 aromatic heterocycles. The monoisotopic (exact) mass is 438 g/mol. The van der Waals surface area contributed by atoms with Crippen LogP contribution in [-0.4, -0.2) is 30.3 Å².